The largest absolute Gasteiger partial charge is 0.501 e. The molecule has 1 aromatic heterocycles. The summed E-state index contributed by atoms with van der Waals surface area (Å²) in [5, 5.41) is 0. The van der Waals surface area contributed by atoms with Crippen LogP contribution in [0, 0.1) is 13.8 Å². The third-order valence-corrected chi connectivity index (χ3v) is 5.77. The highest BCUT2D eigenvalue weighted by Crippen LogP contribution is 2.58. The van der Waals surface area contributed by atoms with Crippen molar-refractivity contribution in [2.24, 2.45) is 0 Å². The summed E-state index contributed by atoms with van der Waals surface area (Å²) in [5.74, 6) is 2.07. The first kappa shape index (κ1) is 13.3. The maximum atomic E-state index is 6.38. The zero-order valence-corrected chi connectivity index (χ0v) is 13.8. The molecule has 5 rings (SSSR count). The molecule has 3 heteroatoms. The fraction of sp³-hybridized carbons (Fsp3) is 0.400. The summed E-state index contributed by atoms with van der Waals surface area (Å²) in [6, 6.07) is 4.88. The predicted octanol–water partition coefficient (Wildman–Crippen LogP) is 4.26. The van der Waals surface area contributed by atoms with E-state index in [1.54, 1.807) is 7.11 Å². The molecule has 0 amide bonds. The first-order chi connectivity index (χ1) is 11.1. The number of rotatable bonds is 2. The molecule has 3 heterocycles. The Morgan fingerprint density at radius 1 is 1.26 bits per heavy atom. The lowest BCUT2D eigenvalue weighted by atomic mass is 9.70. The highest BCUT2D eigenvalue weighted by Gasteiger charge is 2.53. The molecule has 0 saturated heterocycles. The molecule has 1 spiro atoms. The van der Waals surface area contributed by atoms with Crippen molar-refractivity contribution in [1.29, 1.82) is 0 Å². The Morgan fingerprint density at radius 3 is 2.78 bits per heavy atom. The second-order valence-corrected chi connectivity index (χ2v) is 7.12. The van der Waals surface area contributed by atoms with Gasteiger partial charge >= 0.3 is 0 Å². The average Bonchev–Trinajstić information content (AvgIpc) is 3.19. The van der Waals surface area contributed by atoms with Crippen LogP contribution in [0.3, 0.4) is 0 Å². The average molecular weight is 307 g/mol. The van der Waals surface area contributed by atoms with Crippen molar-refractivity contribution in [2.45, 2.75) is 44.8 Å². The second kappa shape index (κ2) is 4.22. The normalized spacial score (nSPS) is 30.6. The molecular formula is C20H21NO2. The topological polar surface area (TPSA) is 23.4 Å². The molecular weight excluding hydrogens is 286 g/mol. The number of methoxy groups -OCH3 is 1. The van der Waals surface area contributed by atoms with Crippen molar-refractivity contribution in [2.75, 3.05) is 7.11 Å². The summed E-state index contributed by atoms with van der Waals surface area (Å²) < 4.78 is 14.4. The van der Waals surface area contributed by atoms with Gasteiger partial charge < -0.3 is 14.0 Å². The minimum absolute atomic E-state index is 0.234. The lowest BCUT2D eigenvalue weighted by molar-refractivity contribution is 0.0860. The molecule has 118 valence electrons. The Morgan fingerprint density at radius 2 is 2.04 bits per heavy atom. The van der Waals surface area contributed by atoms with E-state index in [9.17, 15) is 0 Å². The third-order valence-electron chi connectivity index (χ3n) is 5.77. The van der Waals surface area contributed by atoms with E-state index in [-0.39, 0.29) is 5.60 Å². The maximum absolute atomic E-state index is 6.38. The van der Waals surface area contributed by atoms with Crippen LogP contribution >= 0.6 is 0 Å². The number of fused-ring (bicyclic) bond motifs is 1. The Hall–Kier alpha value is -2.16. The summed E-state index contributed by atoms with van der Waals surface area (Å²) in [7, 11) is 1.77. The molecule has 2 bridgehead atoms. The minimum atomic E-state index is -0.234. The highest BCUT2D eigenvalue weighted by atomic mass is 16.5. The van der Waals surface area contributed by atoms with Crippen molar-refractivity contribution < 1.29 is 9.47 Å². The molecule has 0 N–H and O–H groups in total. The lowest BCUT2D eigenvalue weighted by Gasteiger charge is -2.40. The van der Waals surface area contributed by atoms with Gasteiger partial charge in [-0.2, -0.15) is 0 Å². The standard InChI is InChI=1S/C20H21NO2/c1-12-4-5-13(2)21(12)15-8-14-9-16(22-3)10-17-18-6-7-20(11-15,23-18)19(14)17/h4-7,10,15H,8-9,11H2,1-3H3. The Bertz CT molecular complexity index is 829. The first-order valence-corrected chi connectivity index (χ1v) is 8.36. The number of allylic oxidation sites excluding steroid dienone is 3. The zero-order valence-electron chi connectivity index (χ0n) is 13.8. The van der Waals surface area contributed by atoms with Crippen LogP contribution in [0.25, 0.3) is 0 Å². The smallest absolute Gasteiger partial charge is 0.155 e. The molecule has 2 atom stereocenters. The van der Waals surface area contributed by atoms with E-state index >= 15 is 0 Å². The van der Waals surface area contributed by atoms with Gasteiger partial charge in [0.1, 0.15) is 11.5 Å². The van der Waals surface area contributed by atoms with Gasteiger partial charge in [0, 0.05) is 41.4 Å². The van der Waals surface area contributed by atoms with E-state index in [0.29, 0.717) is 6.04 Å². The molecule has 1 aromatic rings. The van der Waals surface area contributed by atoms with Crippen LogP contribution in [-0.2, 0) is 9.47 Å². The molecule has 4 aliphatic rings. The van der Waals surface area contributed by atoms with Crippen molar-refractivity contribution >= 4 is 0 Å². The van der Waals surface area contributed by atoms with E-state index in [4.69, 9.17) is 9.47 Å². The van der Waals surface area contributed by atoms with Gasteiger partial charge in [-0.1, -0.05) is 5.57 Å². The third kappa shape index (κ3) is 1.60. The van der Waals surface area contributed by atoms with Gasteiger partial charge in [-0.05, 0) is 50.6 Å². The van der Waals surface area contributed by atoms with Crippen molar-refractivity contribution in [3.05, 3.63) is 70.0 Å². The van der Waals surface area contributed by atoms with E-state index in [1.807, 2.05) is 0 Å². The van der Waals surface area contributed by atoms with Gasteiger partial charge in [0.05, 0.1) is 7.11 Å². The fourth-order valence-corrected chi connectivity index (χ4v) is 4.91. The maximum Gasteiger partial charge on any atom is 0.155 e. The molecule has 0 fully saturated rings. The quantitative estimate of drug-likeness (QED) is 0.815. The van der Waals surface area contributed by atoms with E-state index < -0.39 is 0 Å². The molecule has 2 aliphatic carbocycles. The molecule has 0 radical (unpaired) electrons. The van der Waals surface area contributed by atoms with E-state index in [2.05, 4.69) is 48.8 Å². The number of aryl methyl sites for hydroxylation is 2. The van der Waals surface area contributed by atoms with Gasteiger partial charge in [-0.3, -0.25) is 0 Å². The van der Waals surface area contributed by atoms with Gasteiger partial charge in [-0.25, -0.2) is 0 Å². The SMILES string of the molecule is COC1=CC2=C3C=CC4(CC(n5c(C)ccc5C)CC(=C24)C1)O3. The van der Waals surface area contributed by atoms with Gasteiger partial charge in [0.15, 0.2) is 5.60 Å². The van der Waals surface area contributed by atoms with Crippen molar-refractivity contribution in [3.8, 4) is 0 Å². The fourth-order valence-electron chi connectivity index (χ4n) is 4.91. The molecule has 2 unspecified atom stereocenters. The van der Waals surface area contributed by atoms with Crippen LogP contribution in [0.4, 0.5) is 0 Å². The van der Waals surface area contributed by atoms with E-state index in [0.717, 1.165) is 30.8 Å². The highest BCUT2D eigenvalue weighted by molar-refractivity contribution is 5.65. The molecule has 2 aliphatic heterocycles. The predicted molar refractivity (Wildman–Crippen MR) is 88.9 cm³/mol. The molecule has 0 aromatic carbocycles. The monoisotopic (exact) mass is 307 g/mol. The van der Waals surface area contributed by atoms with Gasteiger partial charge in [0.2, 0.25) is 0 Å². The molecule has 3 nitrogen and oxygen atoms in total. The number of nitrogens with zero attached hydrogens (tertiary/aromatic N) is 1. The zero-order chi connectivity index (χ0) is 15.8. The summed E-state index contributed by atoms with van der Waals surface area (Å²) in [6.45, 7) is 4.40. The Kier molecular flexibility index (Phi) is 2.44. The van der Waals surface area contributed by atoms with Crippen molar-refractivity contribution in [3.63, 3.8) is 0 Å². The Labute approximate surface area is 136 Å². The first-order valence-electron chi connectivity index (χ1n) is 8.36. The molecule has 0 saturated carbocycles. The number of hydrogen-bond acceptors (Lipinski definition) is 2. The number of ether oxygens (including phenoxy) is 2. The van der Waals surface area contributed by atoms with Crippen LogP contribution in [0.1, 0.15) is 36.7 Å². The Balaban J connectivity index is 1.64. The van der Waals surface area contributed by atoms with Gasteiger partial charge in [-0.15, -0.1) is 0 Å². The van der Waals surface area contributed by atoms with Crippen molar-refractivity contribution in [1.82, 2.24) is 4.57 Å². The lowest BCUT2D eigenvalue weighted by Crippen LogP contribution is -2.37. The summed E-state index contributed by atoms with van der Waals surface area (Å²) >= 11 is 0. The molecule has 23 heavy (non-hydrogen) atoms. The minimum Gasteiger partial charge on any atom is -0.501 e. The number of aromatic nitrogens is 1. The van der Waals surface area contributed by atoms with Crippen LogP contribution in [-0.4, -0.2) is 17.3 Å². The van der Waals surface area contributed by atoms with Crippen LogP contribution in [0.15, 0.2) is 58.6 Å². The van der Waals surface area contributed by atoms with Gasteiger partial charge in [0.25, 0.3) is 0 Å². The van der Waals surface area contributed by atoms with Crippen LogP contribution in [0.2, 0.25) is 0 Å². The van der Waals surface area contributed by atoms with Crippen LogP contribution < -0.4 is 0 Å². The van der Waals surface area contributed by atoms with Crippen LogP contribution in [0.5, 0.6) is 0 Å². The summed E-state index contributed by atoms with van der Waals surface area (Å²) in [4.78, 5) is 0. The number of hydrogen-bond donors (Lipinski definition) is 0. The summed E-state index contributed by atoms with van der Waals surface area (Å²) in [6.07, 6.45) is 9.60. The second-order valence-electron chi connectivity index (χ2n) is 7.12. The summed E-state index contributed by atoms with van der Waals surface area (Å²) in [5.41, 5.74) is 6.60. The van der Waals surface area contributed by atoms with E-state index in [1.165, 1.54) is 28.1 Å².